The maximum Gasteiger partial charge on any atom is 0.0746 e. The first kappa shape index (κ1) is 11.1. The molecule has 1 rings (SSSR count). The van der Waals surface area contributed by atoms with Crippen LogP contribution in [0.15, 0.2) is 0 Å². The predicted octanol–water partition coefficient (Wildman–Crippen LogP) is 3.82. The topological polar surface area (TPSA) is 0 Å². The van der Waals surface area contributed by atoms with Crippen molar-refractivity contribution in [2.24, 2.45) is 17.8 Å². The van der Waals surface area contributed by atoms with E-state index in [1.54, 1.807) is 0 Å². The summed E-state index contributed by atoms with van der Waals surface area (Å²) in [6.45, 7) is 9.22. The third-order valence-corrected chi connectivity index (χ3v) is 3.63. The van der Waals surface area contributed by atoms with Crippen molar-refractivity contribution in [2.45, 2.75) is 58.7 Å². The summed E-state index contributed by atoms with van der Waals surface area (Å²) in [4.78, 5) is 0. The van der Waals surface area contributed by atoms with Gasteiger partial charge in [-0.2, -0.15) is 0 Å². The van der Waals surface area contributed by atoms with E-state index < -0.39 is 0 Å². The average Bonchev–Trinajstić information content (AvgIpc) is 1.96. The van der Waals surface area contributed by atoms with Gasteiger partial charge in [0.05, 0.1) is 7.85 Å². The van der Waals surface area contributed by atoms with Gasteiger partial charge in [-0.1, -0.05) is 52.3 Å². The van der Waals surface area contributed by atoms with Gasteiger partial charge in [0.1, 0.15) is 0 Å². The molecule has 0 N–H and O–H groups in total. The highest BCUT2D eigenvalue weighted by atomic mass is 14.4. The van der Waals surface area contributed by atoms with Crippen LogP contribution in [0.2, 0.25) is 5.31 Å². The number of hydrogen-bond acceptors (Lipinski definition) is 0. The standard InChI is InChI=1S/C12H23B/c1-9(2)8-11-10(3)6-5-7-12(11,4)13/h9-11H,5-8H2,1-4H3. The molecule has 1 aliphatic rings. The summed E-state index contributed by atoms with van der Waals surface area (Å²) in [6.07, 6.45) is 5.22. The van der Waals surface area contributed by atoms with Gasteiger partial charge in [-0.3, -0.25) is 0 Å². The Morgan fingerprint density at radius 1 is 1.46 bits per heavy atom. The van der Waals surface area contributed by atoms with Gasteiger partial charge >= 0.3 is 0 Å². The Morgan fingerprint density at radius 2 is 2.08 bits per heavy atom. The Labute approximate surface area is 84.9 Å². The van der Waals surface area contributed by atoms with Crippen LogP contribution in [0.1, 0.15) is 53.4 Å². The molecular weight excluding hydrogens is 155 g/mol. The fourth-order valence-corrected chi connectivity index (χ4v) is 2.85. The van der Waals surface area contributed by atoms with Crippen molar-refractivity contribution in [2.75, 3.05) is 0 Å². The first-order chi connectivity index (χ1) is 5.93. The number of hydrogen-bond donors (Lipinski definition) is 0. The molecule has 2 radical (unpaired) electrons. The minimum Gasteiger partial charge on any atom is -0.0674 e. The third kappa shape index (κ3) is 2.75. The minimum atomic E-state index is 0.0991. The molecule has 13 heavy (non-hydrogen) atoms. The van der Waals surface area contributed by atoms with E-state index in [1.165, 1.54) is 25.7 Å². The molecule has 3 unspecified atom stereocenters. The lowest BCUT2D eigenvalue weighted by atomic mass is 9.51. The molecule has 0 aromatic carbocycles. The average molecular weight is 178 g/mol. The van der Waals surface area contributed by atoms with Crippen LogP contribution in [0.4, 0.5) is 0 Å². The minimum absolute atomic E-state index is 0.0991. The van der Waals surface area contributed by atoms with Gasteiger partial charge in [-0.05, 0) is 24.2 Å². The van der Waals surface area contributed by atoms with Crippen molar-refractivity contribution in [3.63, 3.8) is 0 Å². The Balaban J connectivity index is 2.63. The molecule has 0 spiro atoms. The van der Waals surface area contributed by atoms with Crippen LogP contribution in [-0.4, -0.2) is 7.85 Å². The second-order valence-electron chi connectivity index (χ2n) is 5.61. The van der Waals surface area contributed by atoms with E-state index in [9.17, 15) is 0 Å². The van der Waals surface area contributed by atoms with Crippen molar-refractivity contribution < 1.29 is 0 Å². The molecule has 3 atom stereocenters. The van der Waals surface area contributed by atoms with Crippen molar-refractivity contribution >= 4 is 7.85 Å². The van der Waals surface area contributed by atoms with Gasteiger partial charge in [0.15, 0.2) is 0 Å². The molecule has 1 heteroatoms. The molecule has 0 aromatic rings. The molecule has 1 aliphatic carbocycles. The zero-order chi connectivity index (χ0) is 10.1. The lowest BCUT2D eigenvalue weighted by Gasteiger charge is -2.44. The summed E-state index contributed by atoms with van der Waals surface area (Å²) in [6, 6.07) is 0. The van der Waals surface area contributed by atoms with Crippen molar-refractivity contribution in [1.82, 2.24) is 0 Å². The van der Waals surface area contributed by atoms with Crippen LogP contribution in [0.5, 0.6) is 0 Å². The fraction of sp³-hybridized carbons (Fsp3) is 1.00. The first-order valence-electron chi connectivity index (χ1n) is 5.72. The smallest absolute Gasteiger partial charge is 0.0674 e. The van der Waals surface area contributed by atoms with Gasteiger partial charge in [0.2, 0.25) is 0 Å². The van der Waals surface area contributed by atoms with Crippen LogP contribution in [0.25, 0.3) is 0 Å². The van der Waals surface area contributed by atoms with Crippen molar-refractivity contribution in [3.8, 4) is 0 Å². The monoisotopic (exact) mass is 178 g/mol. The number of rotatable bonds is 2. The van der Waals surface area contributed by atoms with Crippen molar-refractivity contribution in [1.29, 1.82) is 0 Å². The molecule has 1 fully saturated rings. The zero-order valence-corrected chi connectivity index (χ0v) is 9.64. The van der Waals surface area contributed by atoms with E-state index in [4.69, 9.17) is 7.85 Å². The van der Waals surface area contributed by atoms with Crippen LogP contribution in [0.3, 0.4) is 0 Å². The van der Waals surface area contributed by atoms with Gasteiger partial charge < -0.3 is 0 Å². The summed E-state index contributed by atoms with van der Waals surface area (Å²) in [5.41, 5.74) is 0. The van der Waals surface area contributed by atoms with Gasteiger partial charge in [0, 0.05) is 0 Å². The highest BCUT2D eigenvalue weighted by Gasteiger charge is 2.36. The summed E-state index contributed by atoms with van der Waals surface area (Å²) in [7, 11) is 6.36. The van der Waals surface area contributed by atoms with E-state index in [1.807, 2.05) is 0 Å². The summed E-state index contributed by atoms with van der Waals surface area (Å²) in [5.74, 6) is 2.35. The largest absolute Gasteiger partial charge is 0.0746 e. The third-order valence-electron chi connectivity index (χ3n) is 3.63. The SMILES string of the molecule is [B]C1(C)CCCC(C)C1CC(C)C. The highest BCUT2D eigenvalue weighted by Crippen LogP contribution is 2.49. The van der Waals surface area contributed by atoms with E-state index in [0.717, 1.165) is 17.8 Å². The lowest BCUT2D eigenvalue weighted by molar-refractivity contribution is 0.165. The molecule has 74 valence electrons. The quantitative estimate of drug-likeness (QED) is 0.564. The molecule has 0 nitrogen and oxygen atoms in total. The van der Waals surface area contributed by atoms with E-state index in [-0.39, 0.29) is 5.31 Å². The van der Waals surface area contributed by atoms with E-state index in [2.05, 4.69) is 27.7 Å². The van der Waals surface area contributed by atoms with Crippen LogP contribution < -0.4 is 0 Å². The second kappa shape index (κ2) is 4.06. The van der Waals surface area contributed by atoms with Gasteiger partial charge in [0.25, 0.3) is 0 Å². The lowest BCUT2D eigenvalue weighted by Crippen LogP contribution is -2.32. The molecule has 0 saturated heterocycles. The van der Waals surface area contributed by atoms with E-state index >= 15 is 0 Å². The fourth-order valence-electron chi connectivity index (χ4n) is 2.85. The highest BCUT2D eigenvalue weighted by molar-refractivity contribution is 6.15. The van der Waals surface area contributed by atoms with Gasteiger partial charge in [-0.15, -0.1) is 0 Å². The second-order valence-corrected chi connectivity index (χ2v) is 5.61. The maximum atomic E-state index is 6.36. The predicted molar refractivity (Wildman–Crippen MR) is 60.1 cm³/mol. The Hall–Kier alpha value is 0.0649. The normalized spacial score (nSPS) is 41.0. The molecular formula is C12H23B. The first-order valence-corrected chi connectivity index (χ1v) is 5.72. The Bertz CT molecular complexity index is 161. The zero-order valence-electron chi connectivity index (χ0n) is 9.64. The Morgan fingerprint density at radius 3 is 2.54 bits per heavy atom. The van der Waals surface area contributed by atoms with E-state index in [0.29, 0.717) is 0 Å². The molecule has 1 saturated carbocycles. The molecule has 0 heterocycles. The summed E-state index contributed by atoms with van der Waals surface area (Å²) in [5, 5.41) is 0.0991. The van der Waals surface area contributed by atoms with Gasteiger partial charge in [-0.25, -0.2) is 0 Å². The molecule has 0 bridgehead atoms. The Kier molecular flexibility index (Phi) is 3.48. The summed E-state index contributed by atoms with van der Waals surface area (Å²) < 4.78 is 0. The molecule has 0 aliphatic heterocycles. The van der Waals surface area contributed by atoms with Crippen LogP contribution in [0, 0.1) is 17.8 Å². The summed E-state index contributed by atoms with van der Waals surface area (Å²) >= 11 is 0. The van der Waals surface area contributed by atoms with Crippen LogP contribution in [-0.2, 0) is 0 Å². The molecule has 0 aromatic heterocycles. The van der Waals surface area contributed by atoms with Crippen molar-refractivity contribution in [3.05, 3.63) is 0 Å². The molecule has 0 amide bonds. The van der Waals surface area contributed by atoms with Crippen LogP contribution >= 0.6 is 0 Å². The maximum absolute atomic E-state index is 6.36.